The van der Waals surface area contributed by atoms with Crippen molar-refractivity contribution in [3.05, 3.63) is 45.5 Å². The van der Waals surface area contributed by atoms with Crippen LogP contribution in [-0.2, 0) is 17.8 Å². The summed E-state index contributed by atoms with van der Waals surface area (Å²) in [5, 5.41) is 10.0. The minimum Gasteiger partial charge on any atom is -0.355 e. The molecule has 0 aliphatic carbocycles. The second kappa shape index (κ2) is 9.35. The molecular weight excluding hydrogens is 386 g/mol. The van der Waals surface area contributed by atoms with Crippen molar-refractivity contribution in [2.75, 3.05) is 19.6 Å². The van der Waals surface area contributed by atoms with E-state index in [1.807, 2.05) is 42.4 Å². The molecule has 3 rings (SSSR count). The van der Waals surface area contributed by atoms with Gasteiger partial charge in [0.25, 0.3) is 5.91 Å². The lowest BCUT2D eigenvalue weighted by Gasteiger charge is -2.32. The topological polar surface area (TPSA) is 83.0 Å². The fourth-order valence-electron chi connectivity index (χ4n) is 3.97. The second-order valence-corrected chi connectivity index (χ2v) is 8.08. The average Bonchev–Trinajstić information content (AvgIpc) is 3.06. The molecule has 1 saturated heterocycles. The van der Waals surface area contributed by atoms with Crippen LogP contribution < -0.4 is 5.32 Å². The first-order valence-corrected chi connectivity index (χ1v) is 10.6. The van der Waals surface area contributed by atoms with E-state index in [-0.39, 0.29) is 17.7 Å². The van der Waals surface area contributed by atoms with Crippen molar-refractivity contribution in [2.45, 2.75) is 46.6 Å². The molecule has 0 saturated carbocycles. The molecule has 1 atom stereocenters. The fraction of sp³-hybridized carbons (Fsp3) is 0.524. The first-order valence-electron chi connectivity index (χ1n) is 10.2. The van der Waals surface area contributed by atoms with Crippen LogP contribution in [0, 0.1) is 24.5 Å². The molecule has 0 radical (unpaired) electrons. The highest BCUT2D eigenvalue weighted by atomic mass is 32.1. The van der Waals surface area contributed by atoms with Crippen molar-refractivity contribution in [3.8, 4) is 0 Å². The Kier molecular flexibility index (Phi) is 6.84. The summed E-state index contributed by atoms with van der Waals surface area (Å²) in [5.41, 5.74) is 2.85. The van der Waals surface area contributed by atoms with Crippen LogP contribution >= 0.6 is 12.2 Å². The van der Waals surface area contributed by atoms with Crippen molar-refractivity contribution < 1.29 is 9.59 Å². The SMILES string of the molecule is CCn1c(CCNC(=O)C2CCCN(C(=O)c3cc(C)cc(C)c3)C2)n[nH]c1=S. The van der Waals surface area contributed by atoms with Crippen molar-refractivity contribution in [1.82, 2.24) is 25.0 Å². The average molecular weight is 416 g/mol. The number of nitrogens with zero attached hydrogens (tertiary/aromatic N) is 3. The van der Waals surface area contributed by atoms with Crippen molar-refractivity contribution in [3.63, 3.8) is 0 Å². The van der Waals surface area contributed by atoms with Crippen LogP contribution in [0.4, 0.5) is 0 Å². The molecule has 1 unspecified atom stereocenters. The highest BCUT2D eigenvalue weighted by Crippen LogP contribution is 2.20. The monoisotopic (exact) mass is 415 g/mol. The predicted octanol–water partition coefficient (Wildman–Crippen LogP) is 2.79. The first-order chi connectivity index (χ1) is 13.9. The van der Waals surface area contributed by atoms with E-state index in [9.17, 15) is 9.59 Å². The number of hydrogen-bond acceptors (Lipinski definition) is 4. The minimum atomic E-state index is -0.175. The van der Waals surface area contributed by atoms with Gasteiger partial charge in [-0.1, -0.05) is 17.2 Å². The van der Waals surface area contributed by atoms with E-state index in [2.05, 4.69) is 21.6 Å². The summed E-state index contributed by atoms with van der Waals surface area (Å²) in [6, 6.07) is 5.89. The highest BCUT2D eigenvalue weighted by Gasteiger charge is 2.29. The van der Waals surface area contributed by atoms with Gasteiger partial charge in [-0.15, -0.1) is 0 Å². The van der Waals surface area contributed by atoms with Gasteiger partial charge in [-0.05, 0) is 58.0 Å². The molecule has 1 aromatic heterocycles. The summed E-state index contributed by atoms with van der Waals surface area (Å²) in [6.07, 6.45) is 2.25. The molecule has 29 heavy (non-hydrogen) atoms. The van der Waals surface area contributed by atoms with Crippen LogP contribution in [0.2, 0.25) is 0 Å². The largest absolute Gasteiger partial charge is 0.355 e. The Balaban J connectivity index is 1.56. The van der Waals surface area contributed by atoms with Crippen LogP contribution in [0.25, 0.3) is 0 Å². The van der Waals surface area contributed by atoms with E-state index in [1.54, 1.807) is 0 Å². The predicted molar refractivity (Wildman–Crippen MR) is 114 cm³/mol. The third-order valence-corrected chi connectivity index (χ3v) is 5.66. The number of piperidine rings is 1. The molecule has 2 heterocycles. The van der Waals surface area contributed by atoms with Crippen molar-refractivity contribution in [1.29, 1.82) is 0 Å². The van der Waals surface area contributed by atoms with Crippen LogP contribution in [0.1, 0.15) is 47.1 Å². The number of aromatic nitrogens is 3. The number of amides is 2. The summed E-state index contributed by atoms with van der Waals surface area (Å²) in [5.74, 6) is 0.673. The summed E-state index contributed by atoms with van der Waals surface area (Å²) in [7, 11) is 0. The van der Waals surface area contributed by atoms with Gasteiger partial charge in [0.2, 0.25) is 5.91 Å². The third kappa shape index (κ3) is 5.12. The normalized spacial score (nSPS) is 16.7. The van der Waals surface area contributed by atoms with E-state index in [1.165, 1.54) is 0 Å². The summed E-state index contributed by atoms with van der Waals surface area (Å²) in [6.45, 7) is 8.40. The number of likely N-dealkylation sites (tertiary alicyclic amines) is 1. The van der Waals surface area contributed by atoms with E-state index >= 15 is 0 Å². The van der Waals surface area contributed by atoms with Gasteiger partial charge in [0.1, 0.15) is 5.82 Å². The van der Waals surface area contributed by atoms with Crippen LogP contribution in [0.5, 0.6) is 0 Å². The van der Waals surface area contributed by atoms with Gasteiger partial charge in [-0.2, -0.15) is 5.10 Å². The first kappa shape index (κ1) is 21.2. The number of aromatic amines is 1. The van der Waals surface area contributed by atoms with Gasteiger partial charge in [0.15, 0.2) is 4.77 Å². The molecule has 1 aromatic carbocycles. The highest BCUT2D eigenvalue weighted by molar-refractivity contribution is 7.71. The molecule has 2 aromatic rings. The Morgan fingerprint density at radius 2 is 2.00 bits per heavy atom. The maximum Gasteiger partial charge on any atom is 0.253 e. The van der Waals surface area contributed by atoms with Crippen LogP contribution in [0.15, 0.2) is 18.2 Å². The zero-order valence-electron chi connectivity index (χ0n) is 17.3. The standard InChI is InChI=1S/C21H29N5O2S/c1-4-26-18(23-24-21(26)29)7-8-22-19(27)16-6-5-9-25(13-16)20(28)17-11-14(2)10-15(3)12-17/h10-12,16H,4-9,13H2,1-3H3,(H,22,27)(H,24,29). The number of benzene rings is 1. The molecule has 1 fully saturated rings. The number of carbonyl (C=O) groups excluding carboxylic acids is 2. The third-order valence-electron chi connectivity index (χ3n) is 5.35. The number of aryl methyl sites for hydroxylation is 2. The van der Waals surface area contributed by atoms with E-state index in [0.29, 0.717) is 36.4 Å². The number of carbonyl (C=O) groups is 2. The molecule has 1 aliphatic rings. The molecule has 0 spiro atoms. The number of hydrogen-bond donors (Lipinski definition) is 2. The molecule has 2 N–H and O–H groups in total. The zero-order valence-corrected chi connectivity index (χ0v) is 18.1. The Morgan fingerprint density at radius 3 is 2.69 bits per heavy atom. The molecule has 156 valence electrons. The Bertz CT molecular complexity index is 929. The molecule has 2 amide bonds. The quantitative estimate of drug-likeness (QED) is 0.711. The van der Waals surface area contributed by atoms with E-state index in [0.717, 1.165) is 36.3 Å². The van der Waals surface area contributed by atoms with Crippen LogP contribution in [-0.4, -0.2) is 51.1 Å². The smallest absolute Gasteiger partial charge is 0.253 e. The Morgan fingerprint density at radius 1 is 1.28 bits per heavy atom. The van der Waals surface area contributed by atoms with Gasteiger partial charge < -0.3 is 14.8 Å². The molecule has 8 heteroatoms. The zero-order chi connectivity index (χ0) is 21.0. The Labute approximate surface area is 176 Å². The summed E-state index contributed by atoms with van der Waals surface area (Å²) in [4.78, 5) is 27.4. The van der Waals surface area contributed by atoms with E-state index in [4.69, 9.17) is 12.2 Å². The molecule has 1 aliphatic heterocycles. The lowest BCUT2D eigenvalue weighted by atomic mass is 9.96. The van der Waals surface area contributed by atoms with Gasteiger partial charge in [0.05, 0.1) is 5.92 Å². The molecular formula is C21H29N5O2S. The van der Waals surface area contributed by atoms with Gasteiger partial charge >= 0.3 is 0 Å². The maximum atomic E-state index is 12.9. The molecule has 0 bridgehead atoms. The number of H-pyrrole nitrogens is 1. The number of rotatable bonds is 6. The Hall–Kier alpha value is -2.48. The molecule has 7 nitrogen and oxygen atoms in total. The lowest BCUT2D eigenvalue weighted by Crippen LogP contribution is -2.45. The minimum absolute atomic E-state index is 0.0000962. The van der Waals surface area contributed by atoms with Gasteiger partial charge in [0, 0.05) is 38.2 Å². The summed E-state index contributed by atoms with van der Waals surface area (Å²) < 4.78 is 2.52. The van der Waals surface area contributed by atoms with Crippen LogP contribution in [0.3, 0.4) is 0 Å². The van der Waals surface area contributed by atoms with Gasteiger partial charge in [-0.3, -0.25) is 14.7 Å². The van der Waals surface area contributed by atoms with Crippen molar-refractivity contribution in [2.24, 2.45) is 5.92 Å². The van der Waals surface area contributed by atoms with Crippen molar-refractivity contribution >= 4 is 24.0 Å². The lowest BCUT2D eigenvalue weighted by molar-refractivity contribution is -0.126. The van der Waals surface area contributed by atoms with Gasteiger partial charge in [-0.25, -0.2) is 0 Å². The van der Waals surface area contributed by atoms with E-state index < -0.39 is 0 Å². The number of nitrogens with one attached hydrogen (secondary N) is 2. The second-order valence-electron chi connectivity index (χ2n) is 7.70. The summed E-state index contributed by atoms with van der Waals surface area (Å²) >= 11 is 5.19. The fourth-order valence-corrected chi connectivity index (χ4v) is 4.25. The maximum absolute atomic E-state index is 12.9.